The molecular weight excluding hydrogens is 342 g/mol. The number of primary sulfonamides is 1. The second-order valence-electron chi connectivity index (χ2n) is 5.41. The van der Waals surface area contributed by atoms with Crippen molar-refractivity contribution in [3.63, 3.8) is 0 Å². The summed E-state index contributed by atoms with van der Waals surface area (Å²) in [6.45, 7) is 6.47. The van der Waals surface area contributed by atoms with Crippen molar-refractivity contribution in [1.82, 2.24) is 4.90 Å². The Balaban J connectivity index is 2.08. The molecule has 1 fully saturated rings. The third-order valence-corrected chi connectivity index (χ3v) is 5.15. The molecule has 20 heavy (non-hydrogen) atoms. The third-order valence-electron chi connectivity index (χ3n) is 3.58. The average Bonchev–Trinajstić information content (AvgIpc) is 2.79. The van der Waals surface area contributed by atoms with Gasteiger partial charge in [0.05, 0.1) is 4.90 Å². The first-order valence-corrected chi connectivity index (χ1v) is 8.94. The Morgan fingerprint density at radius 1 is 1.45 bits per heavy atom. The van der Waals surface area contributed by atoms with Gasteiger partial charge in [0.25, 0.3) is 0 Å². The summed E-state index contributed by atoms with van der Waals surface area (Å²) < 4.78 is 23.3. The highest BCUT2D eigenvalue weighted by molar-refractivity contribution is 9.10. The van der Waals surface area contributed by atoms with Crippen molar-refractivity contribution in [2.24, 2.45) is 5.14 Å². The van der Waals surface area contributed by atoms with Gasteiger partial charge in [0.1, 0.15) is 0 Å². The highest BCUT2D eigenvalue weighted by atomic mass is 79.9. The number of nitrogens with one attached hydrogen (secondary N) is 1. The Morgan fingerprint density at radius 3 is 2.65 bits per heavy atom. The van der Waals surface area contributed by atoms with Crippen molar-refractivity contribution in [2.75, 3.05) is 18.4 Å². The largest absolute Gasteiger partial charge is 0.380 e. The first-order valence-electron chi connectivity index (χ1n) is 6.60. The topological polar surface area (TPSA) is 75.4 Å². The summed E-state index contributed by atoms with van der Waals surface area (Å²) in [5.41, 5.74) is 0.896. The lowest BCUT2D eigenvalue weighted by molar-refractivity contribution is 0.274. The van der Waals surface area contributed by atoms with Gasteiger partial charge in [0, 0.05) is 35.3 Å². The van der Waals surface area contributed by atoms with Crippen LogP contribution in [0.2, 0.25) is 0 Å². The number of hydrogen-bond donors (Lipinski definition) is 2. The smallest absolute Gasteiger partial charge is 0.238 e. The molecule has 0 radical (unpaired) electrons. The number of halogens is 1. The van der Waals surface area contributed by atoms with Gasteiger partial charge >= 0.3 is 0 Å². The Morgan fingerprint density at radius 2 is 2.15 bits per heavy atom. The zero-order chi connectivity index (χ0) is 14.9. The van der Waals surface area contributed by atoms with Crippen molar-refractivity contribution in [1.29, 1.82) is 0 Å². The van der Waals surface area contributed by atoms with Crippen LogP contribution < -0.4 is 10.5 Å². The van der Waals surface area contributed by atoms with Gasteiger partial charge in [-0.15, -0.1) is 0 Å². The van der Waals surface area contributed by atoms with Crippen molar-refractivity contribution < 1.29 is 8.42 Å². The van der Waals surface area contributed by atoms with E-state index >= 15 is 0 Å². The van der Waals surface area contributed by atoms with Crippen molar-refractivity contribution >= 4 is 31.6 Å². The lowest BCUT2D eigenvalue weighted by Crippen LogP contribution is -2.31. The predicted molar refractivity (Wildman–Crippen MR) is 84.3 cm³/mol. The molecule has 1 aromatic carbocycles. The number of rotatable bonds is 4. The van der Waals surface area contributed by atoms with E-state index in [1.54, 1.807) is 6.07 Å². The number of benzene rings is 1. The number of sulfonamides is 1. The van der Waals surface area contributed by atoms with Crippen LogP contribution in [0.1, 0.15) is 20.3 Å². The van der Waals surface area contributed by atoms with Crippen LogP contribution in [-0.4, -0.2) is 38.5 Å². The molecule has 0 aliphatic carbocycles. The van der Waals surface area contributed by atoms with Crippen LogP contribution in [0, 0.1) is 0 Å². The predicted octanol–water partition coefficient (Wildman–Crippen LogP) is 1.99. The molecule has 1 aliphatic rings. The van der Waals surface area contributed by atoms with Gasteiger partial charge in [-0.05, 0) is 54.4 Å². The standard InChI is InChI=1S/C13H20BrN3O2S/c1-9(2)17-6-5-10(8-17)16-13-4-3-11(7-12(13)14)20(15,18)19/h3-4,7,9-10,16H,5-6,8H2,1-2H3,(H2,15,18,19). The summed E-state index contributed by atoms with van der Waals surface area (Å²) in [4.78, 5) is 2.54. The molecule has 0 bridgehead atoms. The van der Waals surface area contributed by atoms with Gasteiger partial charge in [-0.2, -0.15) is 0 Å². The zero-order valence-corrected chi connectivity index (χ0v) is 14.0. The van der Waals surface area contributed by atoms with E-state index < -0.39 is 10.0 Å². The first kappa shape index (κ1) is 15.8. The molecule has 0 amide bonds. The summed E-state index contributed by atoms with van der Waals surface area (Å²) in [5.74, 6) is 0. The average molecular weight is 362 g/mol. The van der Waals surface area contributed by atoms with E-state index in [2.05, 4.69) is 40.0 Å². The van der Waals surface area contributed by atoms with E-state index in [0.29, 0.717) is 16.6 Å². The summed E-state index contributed by atoms with van der Waals surface area (Å²) in [7, 11) is -3.66. The minimum absolute atomic E-state index is 0.116. The fraction of sp³-hybridized carbons (Fsp3) is 0.538. The number of likely N-dealkylation sites (tertiary alicyclic amines) is 1. The van der Waals surface area contributed by atoms with Gasteiger partial charge in [-0.1, -0.05) is 0 Å². The van der Waals surface area contributed by atoms with Crippen LogP contribution in [0.25, 0.3) is 0 Å². The molecular formula is C13H20BrN3O2S. The molecule has 1 aliphatic heterocycles. The van der Waals surface area contributed by atoms with E-state index in [4.69, 9.17) is 5.14 Å². The maximum Gasteiger partial charge on any atom is 0.238 e. The molecule has 0 aromatic heterocycles. The lowest BCUT2D eigenvalue weighted by Gasteiger charge is -2.21. The second-order valence-corrected chi connectivity index (χ2v) is 7.82. The second kappa shape index (κ2) is 6.01. The quantitative estimate of drug-likeness (QED) is 0.859. The normalized spacial score (nSPS) is 20.6. The monoisotopic (exact) mass is 361 g/mol. The Bertz CT molecular complexity index is 589. The highest BCUT2D eigenvalue weighted by Crippen LogP contribution is 2.27. The SMILES string of the molecule is CC(C)N1CCC(Nc2ccc(S(N)(=O)=O)cc2Br)C1. The molecule has 1 aromatic rings. The van der Waals surface area contributed by atoms with Crippen LogP contribution >= 0.6 is 15.9 Å². The fourth-order valence-corrected chi connectivity index (χ4v) is 3.57. The molecule has 3 N–H and O–H groups in total. The number of hydrogen-bond acceptors (Lipinski definition) is 4. The van der Waals surface area contributed by atoms with Gasteiger partial charge in [-0.3, -0.25) is 4.90 Å². The van der Waals surface area contributed by atoms with Gasteiger partial charge in [0.2, 0.25) is 10.0 Å². The molecule has 1 heterocycles. The molecule has 112 valence electrons. The van der Waals surface area contributed by atoms with Crippen molar-refractivity contribution in [3.8, 4) is 0 Å². The van der Waals surface area contributed by atoms with Crippen LogP contribution in [0.4, 0.5) is 5.69 Å². The first-order chi connectivity index (χ1) is 9.27. The van der Waals surface area contributed by atoms with Crippen LogP contribution in [0.3, 0.4) is 0 Å². The molecule has 0 saturated carbocycles. The Kier molecular flexibility index (Phi) is 4.73. The van der Waals surface area contributed by atoms with E-state index in [-0.39, 0.29) is 4.90 Å². The Labute approximate surface area is 128 Å². The number of nitrogens with zero attached hydrogens (tertiary/aromatic N) is 1. The molecule has 2 rings (SSSR count). The minimum atomic E-state index is -3.66. The van der Waals surface area contributed by atoms with Gasteiger partial charge < -0.3 is 5.32 Å². The zero-order valence-electron chi connectivity index (χ0n) is 11.6. The number of anilines is 1. The third kappa shape index (κ3) is 3.72. The molecule has 1 saturated heterocycles. The van der Waals surface area contributed by atoms with Crippen LogP contribution in [-0.2, 0) is 10.0 Å². The summed E-state index contributed by atoms with van der Waals surface area (Å²) in [6, 6.07) is 5.75. The molecule has 7 heteroatoms. The summed E-state index contributed by atoms with van der Waals surface area (Å²) in [5, 5.41) is 8.56. The molecule has 1 atom stereocenters. The van der Waals surface area contributed by atoms with Gasteiger partial charge in [-0.25, -0.2) is 13.6 Å². The molecule has 5 nitrogen and oxygen atoms in total. The molecule has 1 unspecified atom stereocenters. The van der Waals surface area contributed by atoms with E-state index in [9.17, 15) is 8.42 Å². The maximum atomic E-state index is 11.3. The Hall–Kier alpha value is -0.630. The van der Waals surface area contributed by atoms with Crippen LogP contribution in [0.15, 0.2) is 27.6 Å². The summed E-state index contributed by atoms with van der Waals surface area (Å²) >= 11 is 3.39. The number of nitrogens with two attached hydrogens (primary N) is 1. The van der Waals surface area contributed by atoms with E-state index in [1.807, 2.05) is 0 Å². The maximum absolute atomic E-state index is 11.3. The van der Waals surface area contributed by atoms with Crippen molar-refractivity contribution in [3.05, 3.63) is 22.7 Å². The van der Waals surface area contributed by atoms with E-state index in [0.717, 1.165) is 25.2 Å². The summed E-state index contributed by atoms with van der Waals surface area (Å²) in [6.07, 6.45) is 1.08. The minimum Gasteiger partial charge on any atom is -0.380 e. The molecule has 0 spiro atoms. The highest BCUT2D eigenvalue weighted by Gasteiger charge is 2.24. The van der Waals surface area contributed by atoms with E-state index in [1.165, 1.54) is 12.1 Å². The van der Waals surface area contributed by atoms with Crippen LogP contribution in [0.5, 0.6) is 0 Å². The van der Waals surface area contributed by atoms with Crippen molar-refractivity contribution in [2.45, 2.75) is 37.2 Å². The fourth-order valence-electron chi connectivity index (χ4n) is 2.38. The van der Waals surface area contributed by atoms with Gasteiger partial charge in [0.15, 0.2) is 0 Å². The lowest BCUT2D eigenvalue weighted by atomic mass is 10.2.